The molecule has 13 heteroatoms. The molecule has 1 fully saturated rings. The van der Waals surface area contributed by atoms with E-state index in [9.17, 15) is 28.1 Å². The fourth-order valence-electron chi connectivity index (χ4n) is 2.81. The van der Waals surface area contributed by atoms with Gasteiger partial charge in [0, 0.05) is 23.9 Å². The number of nitro groups is 1. The van der Waals surface area contributed by atoms with E-state index in [0.717, 1.165) is 6.26 Å². The highest BCUT2D eigenvalue weighted by molar-refractivity contribution is 8.00. The SMILES string of the molecule is CS(=O)(=O)OC1CC(CSCC(N)=O)N(C(=O)OCc2ccc([N+](=O)[O-])cc2)C1. The Morgan fingerprint density at radius 1 is 1.34 bits per heavy atom. The highest BCUT2D eigenvalue weighted by Crippen LogP contribution is 2.26. The first-order valence-electron chi connectivity index (χ1n) is 8.46. The van der Waals surface area contributed by atoms with Gasteiger partial charge in [-0.2, -0.15) is 8.42 Å². The zero-order valence-corrected chi connectivity index (χ0v) is 17.2. The lowest BCUT2D eigenvalue weighted by molar-refractivity contribution is -0.384. The summed E-state index contributed by atoms with van der Waals surface area (Å²) in [6, 6.07) is 5.17. The molecular formula is C16H21N3O8S2. The highest BCUT2D eigenvalue weighted by atomic mass is 32.2. The molecule has 2 rings (SSSR count). The van der Waals surface area contributed by atoms with Crippen molar-refractivity contribution in [2.24, 2.45) is 5.73 Å². The van der Waals surface area contributed by atoms with Gasteiger partial charge in [-0.25, -0.2) is 4.79 Å². The summed E-state index contributed by atoms with van der Waals surface area (Å²) in [5.74, 6) is -0.0665. The third kappa shape index (κ3) is 7.51. The molecule has 2 atom stereocenters. The van der Waals surface area contributed by atoms with Gasteiger partial charge in [0.05, 0.1) is 29.6 Å². The maximum atomic E-state index is 12.5. The first-order valence-corrected chi connectivity index (χ1v) is 11.4. The summed E-state index contributed by atoms with van der Waals surface area (Å²) in [6.07, 6.45) is -0.186. The first kappa shape index (κ1) is 22.9. The fourth-order valence-corrected chi connectivity index (χ4v) is 4.35. The van der Waals surface area contributed by atoms with E-state index in [1.54, 1.807) is 0 Å². The monoisotopic (exact) mass is 447 g/mol. The highest BCUT2D eigenvalue weighted by Gasteiger charge is 2.38. The summed E-state index contributed by atoms with van der Waals surface area (Å²) < 4.78 is 33.0. The summed E-state index contributed by atoms with van der Waals surface area (Å²) in [5.41, 5.74) is 5.60. The van der Waals surface area contributed by atoms with Gasteiger partial charge in [0.1, 0.15) is 6.61 Å². The fraction of sp³-hybridized carbons (Fsp3) is 0.500. The number of nitrogens with two attached hydrogens (primary N) is 1. The number of nitro benzene ring substituents is 1. The second kappa shape index (κ2) is 9.89. The summed E-state index contributed by atoms with van der Waals surface area (Å²) in [6.45, 7) is -0.0833. The molecule has 0 bridgehead atoms. The summed E-state index contributed by atoms with van der Waals surface area (Å²) in [7, 11) is -3.70. The van der Waals surface area contributed by atoms with Crippen molar-refractivity contribution in [3.8, 4) is 0 Å². The third-order valence-corrected chi connectivity index (χ3v) is 5.72. The van der Waals surface area contributed by atoms with E-state index >= 15 is 0 Å². The minimum absolute atomic E-state index is 0.0218. The van der Waals surface area contributed by atoms with Crippen molar-refractivity contribution in [1.29, 1.82) is 0 Å². The van der Waals surface area contributed by atoms with E-state index in [-0.39, 0.29) is 31.0 Å². The van der Waals surface area contributed by atoms with Crippen LogP contribution in [0.1, 0.15) is 12.0 Å². The van der Waals surface area contributed by atoms with E-state index in [2.05, 4.69) is 0 Å². The molecule has 0 saturated carbocycles. The molecule has 0 aromatic heterocycles. The topological polar surface area (TPSA) is 159 Å². The second-order valence-electron chi connectivity index (χ2n) is 6.42. The molecule has 29 heavy (non-hydrogen) atoms. The number of primary amides is 1. The molecule has 2 unspecified atom stereocenters. The number of benzene rings is 1. The molecule has 2 N–H and O–H groups in total. The molecule has 1 aliphatic rings. The van der Waals surface area contributed by atoms with Crippen LogP contribution in [0.15, 0.2) is 24.3 Å². The van der Waals surface area contributed by atoms with Gasteiger partial charge in [0.25, 0.3) is 15.8 Å². The number of carbonyl (C=O) groups excluding carboxylic acids is 2. The summed E-state index contributed by atoms with van der Waals surface area (Å²) >= 11 is 1.23. The van der Waals surface area contributed by atoms with Crippen LogP contribution in [0.3, 0.4) is 0 Å². The maximum absolute atomic E-state index is 12.5. The van der Waals surface area contributed by atoms with Crippen molar-refractivity contribution >= 4 is 39.6 Å². The van der Waals surface area contributed by atoms with E-state index in [4.69, 9.17) is 14.7 Å². The van der Waals surface area contributed by atoms with Crippen LogP contribution in [0.2, 0.25) is 0 Å². The Kier molecular flexibility index (Phi) is 7.81. The van der Waals surface area contributed by atoms with Crippen molar-refractivity contribution < 1.29 is 31.9 Å². The largest absolute Gasteiger partial charge is 0.445 e. The predicted molar refractivity (Wildman–Crippen MR) is 105 cm³/mol. The van der Waals surface area contributed by atoms with E-state index in [1.807, 2.05) is 0 Å². The van der Waals surface area contributed by atoms with Crippen LogP contribution in [0, 0.1) is 10.1 Å². The number of rotatable bonds is 9. The average molecular weight is 447 g/mol. The molecule has 1 aromatic carbocycles. The van der Waals surface area contributed by atoms with Crippen molar-refractivity contribution in [2.75, 3.05) is 24.3 Å². The molecule has 11 nitrogen and oxygen atoms in total. The number of likely N-dealkylation sites (tertiary alicyclic amines) is 1. The van der Waals surface area contributed by atoms with Crippen LogP contribution >= 0.6 is 11.8 Å². The van der Waals surface area contributed by atoms with E-state index in [0.29, 0.717) is 11.3 Å². The lowest BCUT2D eigenvalue weighted by Gasteiger charge is -2.23. The molecule has 0 spiro atoms. The zero-order chi connectivity index (χ0) is 21.6. The van der Waals surface area contributed by atoms with Gasteiger partial charge in [-0.1, -0.05) is 0 Å². The maximum Gasteiger partial charge on any atom is 0.410 e. The Balaban J connectivity index is 1.98. The quantitative estimate of drug-likeness (QED) is 0.329. The van der Waals surface area contributed by atoms with E-state index < -0.39 is 39.2 Å². The number of hydrogen-bond donors (Lipinski definition) is 1. The van der Waals surface area contributed by atoms with Crippen LogP contribution in [0.4, 0.5) is 10.5 Å². The minimum atomic E-state index is -3.70. The summed E-state index contributed by atoms with van der Waals surface area (Å²) in [4.78, 5) is 34.9. The predicted octanol–water partition coefficient (Wildman–Crippen LogP) is 0.869. The molecule has 2 amide bonds. The lowest BCUT2D eigenvalue weighted by Crippen LogP contribution is -2.38. The third-order valence-electron chi connectivity index (χ3n) is 3.99. The zero-order valence-electron chi connectivity index (χ0n) is 15.6. The van der Waals surface area contributed by atoms with Gasteiger partial charge in [0.15, 0.2) is 0 Å². The minimum Gasteiger partial charge on any atom is -0.445 e. The van der Waals surface area contributed by atoms with Crippen LogP contribution < -0.4 is 5.73 Å². The number of ether oxygens (including phenoxy) is 1. The summed E-state index contributed by atoms with van der Waals surface area (Å²) in [5, 5.41) is 10.7. The van der Waals surface area contributed by atoms with E-state index in [1.165, 1.54) is 40.9 Å². The van der Waals surface area contributed by atoms with Crippen molar-refractivity contribution in [3.63, 3.8) is 0 Å². The number of carbonyl (C=O) groups is 2. The molecule has 0 radical (unpaired) electrons. The Labute approximate surface area is 171 Å². The van der Waals surface area contributed by atoms with Crippen LogP contribution in [-0.4, -0.2) is 66.7 Å². The van der Waals surface area contributed by atoms with Gasteiger partial charge in [-0.3, -0.25) is 19.1 Å². The van der Waals surface area contributed by atoms with Gasteiger partial charge in [-0.05, 0) is 24.1 Å². The van der Waals surface area contributed by atoms with Crippen LogP contribution in [0.5, 0.6) is 0 Å². The van der Waals surface area contributed by atoms with Crippen LogP contribution in [0.25, 0.3) is 0 Å². The lowest BCUT2D eigenvalue weighted by atomic mass is 10.2. The van der Waals surface area contributed by atoms with Gasteiger partial charge >= 0.3 is 6.09 Å². The Morgan fingerprint density at radius 2 is 2.00 bits per heavy atom. The van der Waals surface area contributed by atoms with Crippen molar-refractivity contribution in [1.82, 2.24) is 4.90 Å². The smallest absolute Gasteiger partial charge is 0.410 e. The Hall–Kier alpha value is -2.38. The second-order valence-corrected chi connectivity index (χ2v) is 9.05. The Morgan fingerprint density at radius 3 is 2.55 bits per heavy atom. The normalized spacial score (nSPS) is 19.1. The van der Waals surface area contributed by atoms with Crippen molar-refractivity contribution in [2.45, 2.75) is 25.2 Å². The molecule has 160 valence electrons. The number of thioether (sulfide) groups is 1. The molecule has 0 aliphatic carbocycles. The number of hydrogen-bond acceptors (Lipinski definition) is 9. The number of non-ortho nitro benzene ring substituents is 1. The molecule has 1 aromatic rings. The Bertz CT molecular complexity index is 859. The first-order chi connectivity index (χ1) is 13.5. The van der Waals surface area contributed by atoms with Crippen LogP contribution in [-0.2, 0) is 30.4 Å². The van der Waals surface area contributed by atoms with Gasteiger partial charge in [0.2, 0.25) is 5.91 Å². The van der Waals surface area contributed by atoms with Crippen molar-refractivity contribution in [3.05, 3.63) is 39.9 Å². The molecular weight excluding hydrogens is 426 g/mol. The molecule has 1 aliphatic heterocycles. The van der Waals surface area contributed by atoms with Gasteiger partial charge in [-0.15, -0.1) is 11.8 Å². The number of nitrogens with zero attached hydrogens (tertiary/aromatic N) is 2. The average Bonchev–Trinajstić information content (AvgIpc) is 3.00. The van der Waals surface area contributed by atoms with Gasteiger partial charge < -0.3 is 15.4 Å². The number of amides is 2. The molecule has 1 heterocycles. The standard InChI is InChI=1S/C16H21N3O8S2/c1-29(24,25)27-14-6-13(9-28-10-15(17)20)18(7-14)16(21)26-8-11-2-4-12(5-3-11)19(22)23/h2-5,13-14H,6-10H2,1H3,(H2,17,20). The molecule has 1 saturated heterocycles.